The van der Waals surface area contributed by atoms with E-state index < -0.39 is 0 Å². The van der Waals surface area contributed by atoms with E-state index in [-0.39, 0.29) is 6.61 Å². The Hall–Kier alpha value is -0.670. The van der Waals surface area contributed by atoms with Gasteiger partial charge in [-0.1, -0.05) is 6.92 Å². The second kappa shape index (κ2) is 5.14. The molecule has 3 heteroatoms. The molecule has 1 aromatic rings. The van der Waals surface area contributed by atoms with Crippen LogP contribution in [0.1, 0.15) is 12.5 Å². The molecular formula is C10H14O2S. The predicted octanol–water partition coefficient (Wildman–Crippen LogP) is 2.30. The number of methoxy groups -OCH3 is 1. The molecule has 0 unspecified atom stereocenters. The minimum atomic E-state index is 0.0291. The van der Waals surface area contributed by atoms with Crippen LogP contribution in [0.3, 0.4) is 0 Å². The lowest BCUT2D eigenvalue weighted by Gasteiger charge is -2.07. The van der Waals surface area contributed by atoms with Gasteiger partial charge in [0.25, 0.3) is 0 Å². The zero-order valence-corrected chi connectivity index (χ0v) is 8.73. The fourth-order valence-electron chi connectivity index (χ4n) is 1.13. The van der Waals surface area contributed by atoms with E-state index in [1.807, 2.05) is 18.2 Å². The molecule has 0 saturated heterocycles. The van der Waals surface area contributed by atoms with Crippen LogP contribution in [0.5, 0.6) is 5.75 Å². The van der Waals surface area contributed by atoms with Gasteiger partial charge in [0, 0.05) is 10.5 Å². The summed E-state index contributed by atoms with van der Waals surface area (Å²) >= 11 is 1.76. The molecule has 1 rings (SSSR count). The monoisotopic (exact) mass is 198 g/mol. The Morgan fingerprint density at radius 3 is 2.77 bits per heavy atom. The standard InChI is InChI=1S/C10H14O2S/c1-3-13-9-4-5-10(12-2)8(6-9)7-11/h4-6,11H,3,7H2,1-2H3. The van der Waals surface area contributed by atoms with Gasteiger partial charge in [-0.05, 0) is 24.0 Å². The Balaban J connectivity index is 2.91. The average molecular weight is 198 g/mol. The maximum Gasteiger partial charge on any atom is 0.124 e. The molecule has 0 fully saturated rings. The van der Waals surface area contributed by atoms with Crippen LogP contribution in [-0.2, 0) is 6.61 Å². The van der Waals surface area contributed by atoms with Gasteiger partial charge in [-0.25, -0.2) is 0 Å². The van der Waals surface area contributed by atoms with E-state index in [2.05, 4.69) is 6.92 Å². The minimum absolute atomic E-state index is 0.0291. The molecule has 0 aliphatic heterocycles. The summed E-state index contributed by atoms with van der Waals surface area (Å²) in [6.45, 7) is 2.13. The van der Waals surface area contributed by atoms with Crippen LogP contribution in [0.15, 0.2) is 23.1 Å². The Labute approximate surface area is 82.9 Å². The fraction of sp³-hybridized carbons (Fsp3) is 0.400. The number of rotatable bonds is 4. The third-order valence-electron chi connectivity index (χ3n) is 1.73. The molecule has 0 bridgehead atoms. The van der Waals surface area contributed by atoms with Gasteiger partial charge in [-0.15, -0.1) is 11.8 Å². The number of ether oxygens (including phenoxy) is 1. The zero-order chi connectivity index (χ0) is 9.68. The molecule has 72 valence electrons. The molecule has 0 radical (unpaired) electrons. The van der Waals surface area contributed by atoms with Crippen molar-refractivity contribution in [2.75, 3.05) is 12.9 Å². The van der Waals surface area contributed by atoms with E-state index in [9.17, 15) is 0 Å². The lowest BCUT2D eigenvalue weighted by molar-refractivity contribution is 0.273. The van der Waals surface area contributed by atoms with Crippen molar-refractivity contribution in [3.8, 4) is 5.75 Å². The number of benzene rings is 1. The first kappa shape index (κ1) is 10.4. The molecular weight excluding hydrogens is 184 g/mol. The van der Waals surface area contributed by atoms with E-state index in [1.165, 1.54) is 4.90 Å². The van der Waals surface area contributed by atoms with Gasteiger partial charge in [0.15, 0.2) is 0 Å². The van der Waals surface area contributed by atoms with E-state index in [0.717, 1.165) is 17.1 Å². The van der Waals surface area contributed by atoms with Gasteiger partial charge < -0.3 is 9.84 Å². The summed E-state index contributed by atoms with van der Waals surface area (Å²) in [6.07, 6.45) is 0. The molecule has 0 saturated carbocycles. The van der Waals surface area contributed by atoms with Gasteiger partial charge in [-0.2, -0.15) is 0 Å². The van der Waals surface area contributed by atoms with Crippen molar-refractivity contribution in [2.24, 2.45) is 0 Å². The number of aliphatic hydroxyl groups is 1. The van der Waals surface area contributed by atoms with Crippen LogP contribution < -0.4 is 4.74 Å². The van der Waals surface area contributed by atoms with Gasteiger partial charge in [0.05, 0.1) is 13.7 Å². The highest BCUT2D eigenvalue weighted by atomic mass is 32.2. The maximum absolute atomic E-state index is 9.05. The Kier molecular flexibility index (Phi) is 4.12. The predicted molar refractivity (Wildman–Crippen MR) is 55.3 cm³/mol. The van der Waals surface area contributed by atoms with Crippen molar-refractivity contribution in [1.82, 2.24) is 0 Å². The van der Waals surface area contributed by atoms with E-state index in [1.54, 1.807) is 18.9 Å². The summed E-state index contributed by atoms with van der Waals surface area (Å²) in [5, 5.41) is 9.05. The lowest BCUT2D eigenvalue weighted by atomic mass is 10.2. The van der Waals surface area contributed by atoms with Gasteiger partial charge in [0.1, 0.15) is 5.75 Å². The molecule has 2 nitrogen and oxygen atoms in total. The maximum atomic E-state index is 9.05. The van der Waals surface area contributed by atoms with Gasteiger partial charge >= 0.3 is 0 Å². The third-order valence-corrected chi connectivity index (χ3v) is 2.61. The first-order valence-electron chi connectivity index (χ1n) is 4.22. The molecule has 1 aromatic carbocycles. The Morgan fingerprint density at radius 1 is 1.46 bits per heavy atom. The molecule has 13 heavy (non-hydrogen) atoms. The van der Waals surface area contributed by atoms with Crippen molar-refractivity contribution in [2.45, 2.75) is 18.4 Å². The molecule has 0 heterocycles. The zero-order valence-electron chi connectivity index (χ0n) is 7.91. The smallest absolute Gasteiger partial charge is 0.124 e. The number of hydrogen-bond donors (Lipinski definition) is 1. The van der Waals surface area contributed by atoms with Crippen LogP contribution in [0.2, 0.25) is 0 Å². The largest absolute Gasteiger partial charge is 0.496 e. The summed E-state index contributed by atoms with van der Waals surface area (Å²) in [5.41, 5.74) is 0.848. The van der Waals surface area contributed by atoms with Crippen molar-refractivity contribution in [1.29, 1.82) is 0 Å². The van der Waals surface area contributed by atoms with Crippen LogP contribution in [0, 0.1) is 0 Å². The van der Waals surface area contributed by atoms with Crippen LogP contribution in [0.25, 0.3) is 0 Å². The van der Waals surface area contributed by atoms with Crippen molar-refractivity contribution < 1.29 is 9.84 Å². The van der Waals surface area contributed by atoms with Crippen molar-refractivity contribution >= 4 is 11.8 Å². The fourth-order valence-corrected chi connectivity index (χ4v) is 1.86. The molecule has 0 atom stereocenters. The molecule has 0 amide bonds. The minimum Gasteiger partial charge on any atom is -0.496 e. The van der Waals surface area contributed by atoms with E-state index >= 15 is 0 Å². The second-order valence-electron chi connectivity index (χ2n) is 2.56. The van der Waals surface area contributed by atoms with Crippen LogP contribution in [-0.4, -0.2) is 18.0 Å². The molecule has 0 aromatic heterocycles. The lowest BCUT2D eigenvalue weighted by Crippen LogP contribution is -1.91. The summed E-state index contributed by atoms with van der Waals surface area (Å²) in [4.78, 5) is 1.17. The molecule has 1 N–H and O–H groups in total. The van der Waals surface area contributed by atoms with E-state index in [4.69, 9.17) is 9.84 Å². The summed E-state index contributed by atoms with van der Waals surface area (Å²) < 4.78 is 5.10. The Bertz CT molecular complexity index is 274. The van der Waals surface area contributed by atoms with Crippen LogP contribution in [0.4, 0.5) is 0 Å². The van der Waals surface area contributed by atoms with Crippen molar-refractivity contribution in [3.63, 3.8) is 0 Å². The quantitative estimate of drug-likeness (QED) is 0.753. The van der Waals surface area contributed by atoms with Crippen molar-refractivity contribution in [3.05, 3.63) is 23.8 Å². The van der Waals surface area contributed by atoms with Crippen LogP contribution >= 0.6 is 11.8 Å². The number of thioether (sulfide) groups is 1. The summed E-state index contributed by atoms with van der Waals surface area (Å²) in [7, 11) is 1.61. The van der Waals surface area contributed by atoms with E-state index in [0.29, 0.717) is 0 Å². The molecule has 0 aliphatic rings. The number of hydrogen-bond acceptors (Lipinski definition) is 3. The highest BCUT2D eigenvalue weighted by molar-refractivity contribution is 7.99. The first-order chi connectivity index (χ1) is 6.31. The summed E-state index contributed by atoms with van der Waals surface area (Å²) in [5.74, 6) is 1.79. The topological polar surface area (TPSA) is 29.5 Å². The van der Waals surface area contributed by atoms with Gasteiger partial charge in [-0.3, -0.25) is 0 Å². The first-order valence-corrected chi connectivity index (χ1v) is 5.21. The van der Waals surface area contributed by atoms with Gasteiger partial charge in [0.2, 0.25) is 0 Å². The number of aliphatic hydroxyl groups excluding tert-OH is 1. The highest BCUT2D eigenvalue weighted by Crippen LogP contribution is 2.25. The highest BCUT2D eigenvalue weighted by Gasteiger charge is 2.02. The normalized spacial score (nSPS) is 10.1. The average Bonchev–Trinajstić information content (AvgIpc) is 2.18. The third kappa shape index (κ3) is 2.64. The SMILES string of the molecule is CCSc1ccc(OC)c(CO)c1. The summed E-state index contributed by atoms with van der Waals surface area (Å²) in [6, 6.07) is 5.86. The molecule has 0 spiro atoms. The Morgan fingerprint density at radius 2 is 2.23 bits per heavy atom. The second-order valence-corrected chi connectivity index (χ2v) is 3.90. The molecule has 0 aliphatic carbocycles.